The Morgan fingerprint density at radius 2 is 1.86 bits per heavy atom. The van der Waals surface area contributed by atoms with Gasteiger partial charge in [0.15, 0.2) is 0 Å². The molecule has 1 aromatic carbocycles. The highest BCUT2D eigenvalue weighted by molar-refractivity contribution is 7.89. The molecule has 122 valence electrons. The molecule has 0 saturated carbocycles. The SMILES string of the molecule is COC(=O)c1ccc(C)c(S(=O)(=O)N[C@H](C(=O)O)C(C)C)c1. The number of aryl methyl sites for hydroxylation is 1. The molecule has 0 aliphatic carbocycles. The predicted octanol–water partition coefficient (Wildman–Crippen LogP) is 1.17. The van der Waals surface area contributed by atoms with Gasteiger partial charge in [0.1, 0.15) is 6.04 Å². The molecule has 2 N–H and O–H groups in total. The zero-order valence-corrected chi connectivity index (χ0v) is 13.6. The summed E-state index contributed by atoms with van der Waals surface area (Å²) in [6.45, 7) is 4.75. The molecule has 1 atom stereocenters. The summed E-state index contributed by atoms with van der Waals surface area (Å²) in [7, 11) is -2.89. The van der Waals surface area contributed by atoms with Gasteiger partial charge in [-0.25, -0.2) is 13.2 Å². The molecule has 22 heavy (non-hydrogen) atoms. The molecule has 1 rings (SSSR count). The highest BCUT2D eigenvalue weighted by atomic mass is 32.2. The Kier molecular flexibility index (Phi) is 5.67. The van der Waals surface area contributed by atoms with Gasteiger partial charge in [-0.15, -0.1) is 0 Å². The molecule has 0 fully saturated rings. The minimum Gasteiger partial charge on any atom is -0.480 e. The number of carboxylic acids is 1. The lowest BCUT2D eigenvalue weighted by atomic mass is 10.1. The largest absolute Gasteiger partial charge is 0.480 e. The van der Waals surface area contributed by atoms with Crippen molar-refractivity contribution in [3.63, 3.8) is 0 Å². The molecule has 8 heteroatoms. The zero-order chi connectivity index (χ0) is 17.1. The number of nitrogens with one attached hydrogen (secondary N) is 1. The lowest BCUT2D eigenvalue weighted by molar-refractivity contribution is -0.140. The molecule has 0 amide bonds. The molecule has 0 heterocycles. The second-order valence-electron chi connectivity index (χ2n) is 5.15. The number of hydrogen-bond donors (Lipinski definition) is 2. The van der Waals surface area contributed by atoms with E-state index in [4.69, 9.17) is 5.11 Å². The number of benzene rings is 1. The van der Waals surface area contributed by atoms with Crippen molar-refractivity contribution in [1.29, 1.82) is 0 Å². The lowest BCUT2D eigenvalue weighted by Gasteiger charge is -2.19. The number of carboxylic acid groups (broad SMARTS) is 1. The Morgan fingerprint density at radius 1 is 1.27 bits per heavy atom. The summed E-state index contributed by atoms with van der Waals surface area (Å²) in [4.78, 5) is 22.5. The molecule has 1 aromatic rings. The first-order valence-corrected chi connectivity index (χ1v) is 8.02. The highest BCUT2D eigenvalue weighted by Crippen LogP contribution is 2.19. The number of aliphatic carboxylic acids is 1. The van der Waals surface area contributed by atoms with Gasteiger partial charge in [0.05, 0.1) is 17.6 Å². The van der Waals surface area contributed by atoms with Crippen molar-refractivity contribution >= 4 is 22.0 Å². The fourth-order valence-corrected chi connectivity index (χ4v) is 3.44. The van der Waals surface area contributed by atoms with Crippen molar-refractivity contribution in [3.8, 4) is 0 Å². The van der Waals surface area contributed by atoms with E-state index in [-0.39, 0.29) is 10.5 Å². The number of carbonyl (C=O) groups is 2. The van der Waals surface area contributed by atoms with Crippen LogP contribution in [-0.2, 0) is 19.6 Å². The van der Waals surface area contributed by atoms with E-state index in [0.29, 0.717) is 5.56 Å². The molecule has 0 bridgehead atoms. The fourth-order valence-electron chi connectivity index (χ4n) is 1.84. The van der Waals surface area contributed by atoms with Gasteiger partial charge in [0.2, 0.25) is 10.0 Å². The monoisotopic (exact) mass is 329 g/mol. The van der Waals surface area contributed by atoms with Crippen LogP contribution in [0, 0.1) is 12.8 Å². The van der Waals surface area contributed by atoms with E-state index in [9.17, 15) is 18.0 Å². The predicted molar refractivity (Wildman–Crippen MR) is 79.1 cm³/mol. The standard InChI is InChI=1S/C14H19NO6S/c1-8(2)12(13(16)17)15-22(19,20)11-7-10(14(18)21-4)6-5-9(11)3/h5-8,12,15H,1-4H3,(H,16,17)/t12-/m0/s1. The second kappa shape index (κ2) is 6.89. The van der Waals surface area contributed by atoms with Crippen LogP contribution in [0.15, 0.2) is 23.1 Å². The van der Waals surface area contributed by atoms with Gasteiger partial charge in [-0.1, -0.05) is 19.9 Å². The van der Waals surface area contributed by atoms with Gasteiger partial charge >= 0.3 is 11.9 Å². The first kappa shape index (κ1) is 18.1. The summed E-state index contributed by atoms with van der Waals surface area (Å²) in [5.74, 6) is -2.37. The summed E-state index contributed by atoms with van der Waals surface area (Å²) in [5, 5.41) is 9.10. The number of ether oxygens (including phenoxy) is 1. The van der Waals surface area contributed by atoms with Gasteiger partial charge < -0.3 is 9.84 Å². The Hall–Kier alpha value is -1.93. The van der Waals surface area contributed by atoms with E-state index in [0.717, 1.165) is 0 Å². The van der Waals surface area contributed by atoms with Crippen molar-refractivity contribution in [2.45, 2.75) is 31.7 Å². The normalized spacial score (nSPS) is 13.0. The molecule has 0 aromatic heterocycles. The maximum Gasteiger partial charge on any atom is 0.337 e. The van der Waals surface area contributed by atoms with Gasteiger partial charge in [0, 0.05) is 0 Å². The number of esters is 1. The third-order valence-corrected chi connectivity index (χ3v) is 4.70. The zero-order valence-electron chi connectivity index (χ0n) is 12.8. The third-order valence-electron chi connectivity index (χ3n) is 3.11. The molecule has 0 radical (unpaired) electrons. The van der Waals surface area contributed by atoms with Gasteiger partial charge in [0.25, 0.3) is 0 Å². The van der Waals surface area contributed by atoms with E-state index < -0.39 is 33.9 Å². The number of hydrogen-bond acceptors (Lipinski definition) is 5. The molecule has 0 aliphatic heterocycles. The number of rotatable bonds is 6. The minimum absolute atomic E-state index is 0.0740. The Balaban J connectivity index is 3.27. The van der Waals surface area contributed by atoms with E-state index in [1.165, 1.54) is 25.3 Å². The van der Waals surface area contributed by atoms with Crippen LogP contribution in [0.2, 0.25) is 0 Å². The average Bonchev–Trinajstić information content (AvgIpc) is 2.43. The van der Waals surface area contributed by atoms with Crippen LogP contribution in [-0.4, -0.2) is 38.6 Å². The van der Waals surface area contributed by atoms with Gasteiger partial charge in [-0.3, -0.25) is 4.79 Å². The first-order chi connectivity index (χ1) is 10.1. The van der Waals surface area contributed by atoms with E-state index in [1.54, 1.807) is 20.8 Å². The minimum atomic E-state index is -4.08. The highest BCUT2D eigenvalue weighted by Gasteiger charge is 2.29. The van der Waals surface area contributed by atoms with Crippen LogP contribution in [0.3, 0.4) is 0 Å². The van der Waals surface area contributed by atoms with Crippen molar-refractivity contribution in [2.24, 2.45) is 5.92 Å². The Bertz CT molecular complexity index is 681. The molecule has 0 aliphatic rings. The maximum absolute atomic E-state index is 12.4. The second-order valence-corrected chi connectivity index (χ2v) is 6.84. The summed E-state index contributed by atoms with van der Waals surface area (Å²) >= 11 is 0. The van der Waals surface area contributed by atoms with Crippen LogP contribution >= 0.6 is 0 Å². The van der Waals surface area contributed by atoms with Crippen LogP contribution in [0.5, 0.6) is 0 Å². The summed E-state index contributed by atoms with van der Waals surface area (Å²) in [5.41, 5.74) is 0.470. The van der Waals surface area contributed by atoms with Crippen molar-refractivity contribution < 1.29 is 27.9 Å². The molecule has 0 spiro atoms. The van der Waals surface area contributed by atoms with Crippen LogP contribution in [0.1, 0.15) is 29.8 Å². The topological polar surface area (TPSA) is 110 Å². The van der Waals surface area contributed by atoms with E-state index in [2.05, 4.69) is 9.46 Å². The quantitative estimate of drug-likeness (QED) is 0.758. The van der Waals surface area contributed by atoms with Crippen molar-refractivity contribution in [2.75, 3.05) is 7.11 Å². The Morgan fingerprint density at radius 3 is 2.32 bits per heavy atom. The maximum atomic E-state index is 12.4. The number of sulfonamides is 1. The fraction of sp³-hybridized carbons (Fsp3) is 0.429. The molecule has 0 saturated heterocycles. The molecular weight excluding hydrogens is 310 g/mol. The van der Waals surface area contributed by atoms with E-state index in [1.807, 2.05) is 0 Å². The average molecular weight is 329 g/mol. The summed E-state index contributed by atoms with van der Waals surface area (Å²) in [6.07, 6.45) is 0. The lowest BCUT2D eigenvalue weighted by Crippen LogP contribution is -2.44. The number of methoxy groups -OCH3 is 1. The van der Waals surface area contributed by atoms with Crippen LogP contribution in [0.25, 0.3) is 0 Å². The number of carbonyl (C=O) groups excluding carboxylic acids is 1. The summed E-state index contributed by atoms with van der Waals surface area (Å²) < 4.78 is 31.5. The first-order valence-electron chi connectivity index (χ1n) is 6.54. The third kappa shape index (κ3) is 4.05. The molecule has 0 unspecified atom stereocenters. The van der Waals surface area contributed by atoms with Crippen molar-refractivity contribution in [3.05, 3.63) is 29.3 Å². The van der Waals surface area contributed by atoms with E-state index >= 15 is 0 Å². The van der Waals surface area contributed by atoms with Gasteiger partial charge in [-0.05, 0) is 30.5 Å². The Labute approximate surface area is 129 Å². The summed E-state index contributed by atoms with van der Waals surface area (Å²) in [6, 6.07) is 2.82. The molecular formula is C14H19NO6S. The smallest absolute Gasteiger partial charge is 0.337 e. The van der Waals surface area contributed by atoms with Crippen molar-refractivity contribution in [1.82, 2.24) is 4.72 Å². The van der Waals surface area contributed by atoms with Crippen LogP contribution < -0.4 is 4.72 Å². The van der Waals surface area contributed by atoms with Crippen LogP contribution in [0.4, 0.5) is 0 Å². The molecule has 7 nitrogen and oxygen atoms in total. The van der Waals surface area contributed by atoms with Gasteiger partial charge in [-0.2, -0.15) is 4.72 Å².